The molecule has 0 N–H and O–H groups in total. The second kappa shape index (κ2) is 11.8. The molecule has 0 amide bonds. The third-order valence-electron chi connectivity index (χ3n) is 6.12. The topological polar surface area (TPSA) is 15.7 Å². The predicted molar refractivity (Wildman–Crippen MR) is 153 cm³/mol. The minimum absolute atomic E-state index is 0.126. The molecule has 1 saturated heterocycles. The first-order chi connectivity index (χ1) is 17.5. The highest BCUT2D eigenvalue weighted by molar-refractivity contribution is 7.97. The van der Waals surface area contributed by atoms with Crippen molar-refractivity contribution in [2.24, 2.45) is 0 Å². The number of halogens is 3. The summed E-state index contributed by atoms with van der Waals surface area (Å²) in [5.74, 6) is 0.878. The molecule has 184 valence electrons. The van der Waals surface area contributed by atoms with Crippen LogP contribution in [0.5, 0.6) is 5.75 Å². The van der Waals surface area contributed by atoms with E-state index in [1.165, 1.54) is 10.5 Å². The largest absolute Gasteiger partial charge is 0.489 e. The lowest BCUT2D eigenvalue weighted by Crippen LogP contribution is -2.46. The molecule has 5 rings (SSSR count). The molecular formula is C29H25Cl3N2OS. The highest BCUT2D eigenvalue weighted by Gasteiger charge is 2.30. The van der Waals surface area contributed by atoms with Gasteiger partial charge in [0.2, 0.25) is 0 Å². The zero-order chi connectivity index (χ0) is 24.9. The van der Waals surface area contributed by atoms with Gasteiger partial charge in [0.25, 0.3) is 0 Å². The van der Waals surface area contributed by atoms with Gasteiger partial charge >= 0.3 is 0 Å². The van der Waals surface area contributed by atoms with E-state index in [1.807, 2.05) is 60.7 Å². The Kier molecular flexibility index (Phi) is 8.30. The number of hydrogen-bond acceptors (Lipinski definition) is 4. The van der Waals surface area contributed by atoms with Crippen molar-refractivity contribution < 1.29 is 4.74 Å². The first-order valence-corrected chi connectivity index (χ1v) is 13.6. The summed E-state index contributed by atoms with van der Waals surface area (Å²) in [6, 6.07) is 32.4. The highest BCUT2D eigenvalue weighted by atomic mass is 35.5. The summed E-state index contributed by atoms with van der Waals surface area (Å²) in [5.41, 5.74) is 3.34. The number of nitrogens with zero attached hydrogens (tertiary/aromatic N) is 2. The van der Waals surface area contributed by atoms with Crippen molar-refractivity contribution in [3.8, 4) is 5.75 Å². The van der Waals surface area contributed by atoms with E-state index in [9.17, 15) is 0 Å². The van der Waals surface area contributed by atoms with Crippen LogP contribution in [0.1, 0.15) is 17.2 Å². The second-order valence-electron chi connectivity index (χ2n) is 8.58. The quantitative estimate of drug-likeness (QED) is 0.212. The van der Waals surface area contributed by atoms with Crippen molar-refractivity contribution in [1.29, 1.82) is 0 Å². The van der Waals surface area contributed by atoms with Gasteiger partial charge in [-0.3, -0.25) is 0 Å². The van der Waals surface area contributed by atoms with Crippen LogP contribution >= 0.6 is 46.8 Å². The van der Waals surface area contributed by atoms with Gasteiger partial charge in [0.05, 0.1) is 16.8 Å². The molecule has 7 heteroatoms. The van der Waals surface area contributed by atoms with Crippen molar-refractivity contribution in [3.63, 3.8) is 0 Å². The average molecular weight is 556 g/mol. The first kappa shape index (κ1) is 25.3. The maximum absolute atomic E-state index is 6.61. The summed E-state index contributed by atoms with van der Waals surface area (Å²) >= 11 is 20.7. The molecule has 0 radical (unpaired) electrons. The molecule has 4 aromatic rings. The van der Waals surface area contributed by atoms with Crippen molar-refractivity contribution in [1.82, 2.24) is 4.31 Å². The third kappa shape index (κ3) is 6.31. The van der Waals surface area contributed by atoms with Gasteiger partial charge in [-0.25, -0.2) is 4.31 Å². The molecule has 1 heterocycles. The monoisotopic (exact) mass is 554 g/mol. The Bertz CT molecular complexity index is 1290. The van der Waals surface area contributed by atoms with Crippen LogP contribution in [-0.4, -0.2) is 23.9 Å². The van der Waals surface area contributed by atoms with Crippen molar-refractivity contribution in [3.05, 3.63) is 123 Å². The van der Waals surface area contributed by atoms with E-state index in [4.69, 9.17) is 39.5 Å². The number of ether oxygens (including phenoxy) is 1. The van der Waals surface area contributed by atoms with Gasteiger partial charge < -0.3 is 9.64 Å². The number of benzene rings is 4. The second-order valence-corrected chi connectivity index (χ2v) is 11.0. The van der Waals surface area contributed by atoms with Crippen molar-refractivity contribution in [2.75, 3.05) is 24.5 Å². The van der Waals surface area contributed by atoms with Gasteiger partial charge in [0.1, 0.15) is 12.4 Å². The van der Waals surface area contributed by atoms with Gasteiger partial charge in [0, 0.05) is 34.6 Å². The van der Waals surface area contributed by atoms with E-state index in [2.05, 4.69) is 45.6 Å². The number of para-hydroxylation sites is 1. The zero-order valence-electron chi connectivity index (χ0n) is 19.5. The Morgan fingerprint density at radius 2 is 1.50 bits per heavy atom. The molecule has 1 aliphatic rings. The molecule has 1 unspecified atom stereocenters. The van der Waals surface area contributed by atoms with Crippen LogP contribution < -0.4 is 9.64 Å². The van der Waals surface area contributed by atoms with Gasteiger partial charge in [-0.1, -0.05) is 77.3 Å². The predicted octanol–water partition coefficient (Wildman–Crippen LogP) is 8.80. The molecule has 0 aliphatic carbocycles. The Hall–Kier alpha value is -2.34. The van der Waals surface area contributed by atoms with E-state index in [0.29, 0.717) is 16.7 Å². The van der Waals surface area contributed by atoms with Crippen LogP contribution in [-0.2, 0) is 6.61 Å². The lowest BCUT2D eigenvalue weighted by Gasteiger charge is -2.43. The molecule has 0 saturated carbocycles. The Morgan fingerprint density at radius 3 is 2.22 bits per heavy atom. The minimum Gasteiger partial charge on any atom is -0.489 e. The molecule has 3 nitrogen and oxygen atoms in total. The lowest BCUT2D eigenvalue weighted by molar-refractivity contribution is 0.306. The standard InChI is InChI=1S/C29H25Cl3N2OS/c30-23-10-8-22(9-11-23)29-19-33(16-17-34(29)28-15-12-24(31)18-27(28)32)36-26-13-6-21(7-14-26)20-35-25-4-2-1-3-5-25/h1-15,18,29H,16-17,19-20H2. The van der Waals surface area contributed by atoms with E-state index in [0.717, 1.165) is 41.7 Å². The van der Waals surface area contributed by atoms with Gasteiger partial charge in [-0.2, -0.15) is 0 Å². The van der Waals surface area contributed by atoms with Crippen LogP contribution in [0.4, 0.5) is 5.69 Å². The fraction of sp³-hybridized carbons (Fsp3) is 0.172. The van der Waals surface area contributed by atoms with E-state index in [1.54, 1.807) is 11.9 Å². The summed E-state index contributed by atoms with van der Waals surface area (Å²) in [5, 5.41) is 2.03. The van der Waals surface area contributed by atoms with Crippen LogP contribution in [0.15, 0.2) is 102 Å². The van der Waals surface area contributed by atoms with E-state index in [-0.39, 0.29) is 6.04 Å². The van der Waals surface area contributed by atoms with Crippen LogP contribution in [0.2, 0.25) is 15.1 Å². The van der Waals surface area contributed by atoms with Crippen molar-refractivity contribution >= 4 is 52.4 Å². The smallest absolute Gasteiger partial charge is 0.119 e. The molecule has 4 aromatic carbocycles. The molecule has 0 aromatic heterocycles. The zero-order valence-corrected chi connectivity index (χ0v) is 22.6. The fourth-order valence-corrected chi connectivity index (χ4v) is 5.88. The summed E-state index contributed by atoms with van der Waals surface area (Å²) in [6.45, 7) is 3.12. The fourth-order valence-electron chi connectivity index (χ4n) is 4.29. The number of piperazine rings is 1. The lowest BCUT2D eigenvalue weighted by atomic mass is 10.0. The average Bonchev–Trinajstić information content (AvgIpc) is 2.90. The molecule has 36 heavy (non-hydrogen) atoms. The minimum atomic E-state index is 0.126. The Labute approximate surface area is 231 Å². The normalized spacial score (nSPS) is 16.2. The molecule has 1 aliphatic heterocycles. The summed E-state index contributed by atoms with van der Waals surface area (Å²) in [7, 11) is 0. The Balaban J connectivity index is 1.29. The molecule has 1 atom stereocenters. The SMILES string of the molecule is Clc1ccc(C2CN(Sc3ccc(COc4ccccc4)cc3)CCN2c2ccc(Cl)cc2Cl)cc1. The van der Waals surface area contributed by atoms with Gasteiger partial charge in [-0.15, -0.1) is 0 Å². The Morgan fingerprint density at radius 1 is 0.778 bits per heavy atom. The molecule has 0 spiro atoms. The van der Waals surface area contributed by atoms with Crippen LogP contribution in [0.3, 0.4) is 0 Å². The summed E-state index contributed by atoms with van der Waals surface area (Å²) in [6.07, 6.45) is 0. The summed E-state index contributed by atoms with van der Waals surface area (Å²) < 4.78 is 8.28. The number of rotatable bonds is 7. The number of hydrogen-bond donors (Lipinski definition) is 0. The van der Waals surface area contributed by atoms with Crippen LogP contribution in [0, 0.1) is 0 Å². The molecular weight excluding hydrogens is 531 g/mol. The maximum atomic E-state index is 6.61. The van der Waals surface area contributed by atoms with E-state index < -0.39 is 0 Å². The summed E-state index contributed by atoms with van der Waals surface area (Å²) in [4.78, 5) is 3.56. The number of anilines is 1. The molecule has 0 bridgehead atoms. The highest BCUT2D eigenvalue weighted by Crippen LogP contribution is 2.39. The van der Waals surface area contributed by atoms with E-state index >= 15 is 0 Å². The first-order valence-electron chi connectivity index (χ1n) is 11.7. The molecule has 1 fully saturated rings. The van der Waals surface area contributed by atoms with Gasteiger partial charge in [0.15, 0.2) is 0 Å². The van der Waals surface area contributed by atoms with Crippen molar-refractivity contribution in [2.45, 2.75) is 17.5 Å². The van der Waals surface area contributed by atoms with Crippen LogP contribution in [0.25, 0.3) is 0 Å². The van der Waals surface area contributed by atoms with Gasteiger partial charge in [-0.05, 0) is 77.7 Å². The maximum Gasteiger partial charge on any atom is 0.119 e. The third-order valence-corrected chi connectivity index (χ3v) is 7.99.